The number of carbonyl (C=O) groups is 1. The van der Waals surface area contributed by atoms with Gasteiger partial charge in [-0.1, -0.05) is 36.4 Å². The first kappa shape index (κ1) is 16.4. The molecule has 1 aromatic rings. The Balaban J connectivity index is 3.13. The van der Waals surface area contributed by atoms with Gasteiger partial charge in [0.2, 0.25) is 10.0 Å². The maximum atomic E-state index is 12.1. The summed E-state index contributed by atoms with van der Waals surface area (Å²) < 4.78 is 25.0. The average molecular weight is 299 g/mol. The molecule has 0 aliphatic heterocycles. The van der Waals surface area contributed by atoms with Gasteiger partial charge >= 0.3 is 5.97 Å². The van der Waals surface area contributed by atoms with Gasteiger partial charge in [-0.3, -0.25) is 4.79 Å². The van der Waals surface area contributed by atoms with Crippen LogP contribution in [0.2, 0.25) is 0 Å². The van der Waals surface area contributed by atoms with Crippen molar-refractivity contribution in [1.82, 2.24) is 4.31 Å². The van der Waals surface area contributed by atoms with E-state index in [4.69, 9.17) is 10.2 Å². The summed E-state index contributed by atoms with van der Waals surface area (Å²) in [4.78, 5) is 11.1. The molecule has 0 fully saturated rings. The third-order valence-electron chi connectivity index (χ3n) is 2.67. The number of aliphatic hydroxyl groups is 1. The van der Waals surface area contributed by atoms with E-state index < -0.39 is 28.6 Å². The number of aliphatic carboxylic acids is 1. The molecule has 1 aromatic carbocycles. The lowest BCUT2D eigenvalue weighted by Gasteiger charge is -2.26. The lowest BCUT2D eigenvalue weighted by atomic mass is 10.2. The Morgan fingerprint density at radius 2 is 1.95 bits per heavy atom. The SMILES string of the molecule is C=CCS(=O)(=O)N(Cc1ccccc1)C(CO)C(=O)O. The van der Waals surface area contributed by atoms with E-state index in [9.17, 15) is 13.2 Å². The van der Waals surface area contributed by atoms with Gasteiger partial charge in [0, 0.05) is 6.54 Å². The van der Waals surface area contributed by atoms with Gasteiger partial charge in [-0.15, -0.1) is 6.58 Å². The Hall–Kier alpha value is -1.70. The zero-order chi connectivity index (χ0) is 15.2. The van der Waals surface area contributed by atoms with Crippen LogP contribution in [0.1, 0.15) is 5.56 Å². The Bertz CT molecular complexity index is 555. The van der Waals surface area contributed by atoms with Crippen LogP contribution in [0.4, 0.5) is 0 Å². The predicted octanol–water partition coefficient (Wildman–Crippen LogP) is 0.450. The van der Waals surface area contributed by atoms with Crippen molar-refractivity contribution in [1.29, 1.82) is 0 Å². The summed E-state index contributed by atoms with van der Waals surface area (Å²) in [7, 11) is -3.85. The summed E-state index contributed by atoms with van der Waals surface area (Å²) >= 11 is 0. The molecule has 110 valence electrons. The number of rotatable bonds is 8. The van der Waals surface area contributed by atoms with Crippen molar-refractivity contribution >= 4 is 16.0 Å². The van der Waals surface area contributed by atoms with Crippen LogP contribution in [0.5, 0.6) is 0 Å². The molecular weight excluding hydrogens is 282 g/mol. The number of sulfonamides is 1. The highest BCUT2D eigenvalue weighted by Gasteiger charge is 2.33. The fraction of sp³-hybridized carbons (Fsp3) is 0.308. The summed E-state index contributed by atoms with van der Waals surface area (Å²) in [5, 5.41) is 18.2. The van der Waals surface area contributed by atoms with Crippen LogP contribution in [0, 0.1) is 0 Å². The first-order valence-electron chi connectivity index (χ1n) is 5.90. The Labute approximate surface area is 118 Å². The third kappa shape index (κ3) is 4.16. The number of carboxylic acid groups (broad SMARTS) is 1. The standard InChI is InChI=1S/C13H17NO5S/c1-2-8-20(18,19)14(12(10-15)13(16)17)9-11-6-4-3-5-7-11/h2-7,12,15H,1,8-10H2,(H,16,17). The van der Waals surface area contributed by atoms with Crippen LogP contribution in [0.25, 0.3) is 0 Å². The van der Waals surface area contributed by atoms with E-state index in [1.54, 1.807) is 30.3 Å². The summed E-state index contributed by atoms with van der Waals surface area (Å²) in [6.07, 6.45) is 1.18. The molecular formula is C13H17NO5S. The number of nitrogens with zero attached hydrogens (tertiary/aromatic N) is 1. The molecule has 2 N–H and O–H groups in total. The molecule has 0 heterocycles. The molecule has 0 aliphatic carbocycles. The fourth-order valence-electron chi connectivity index (χ4n) is 1.70. The van der Waals surface area contributed by atoms with Crippen molar-refractivity contribution in [2.45, 2.75) is 12.6 Å². The molecule has 0 amide bonds. The van der Waals surface area contributed by atoms with Gasteiger partial charge in [0.15, 0.2) is 0 Å². The number of aliphatic hydroxyl groups excluding tert-OH is 1. The van der Waals surface area contributed by atoms with E-state index in [-0.39, 0.29) is 12.3 Å². The lowest BCUT2D eigenvalue weighted by Crippen LogP contribution is -2.47. The highest BCUT2D eigenvalue weighted by Crippen LogP contribution is 2.14. The van der Waals surface area contributed by atoms with Crippen molar-refractivity contribution in [2.75, 3.05) is 12.4 Å². The van der Waals surface area contributed by atoms with Gasteiger partial charge in [-0.25, -0.2) is 8.42 Å². The summed E-state index contributed by atoms with van der Waals surface area (Å²) in [5.74, 6) is -1.78. The molecule has 0 aromatic heterocycles. The van der Waals surface area contributed by atoms with E-state index in [1.807, 2.05) is 0 Å². The van der Waals surface area contributed by atoms with E-state index >= 15 is 0 Å². The first-order chi connectivity index (χ1) is 9.42. The number of hydrogen-bond acceptors (Lipinski definition) is 4. The number of carboxylic acids is 1. The average Bonchev–Trinajstić information content (AvgIpc) is 2.39. The van der Waals surface area contributed by atoms with Crippen molar-refractivity contribution in [3.63, 3.8) is 0 Å². The second kappa shape index (κ2) is 7.18. The maximum Gasteiger partial charge on any atom is 0.324 e. The van der Waals surface area contributed by atoms with Crippen LogP contribution < -0.4 is 0 Å². The van der Waals surface area contributed by atoms with Gasteiger partial charge < -0.3 is 10.2 Å². The van der Waals surface area contributed by atoms with Crippen LogP contribution in [0.3, 0.4) is 0 Å². The Morgan fingerprint density at radius 1 is 1.35 bits per heavy atom. The minimum Gasteiger partial charge on any atom is -0.480 e. The van der Waals surface area contributed by atoms with Gasteiger partial charge in [-0.2, -0.15) is 4.31 Å². The molecule has 20 heavy (non-hydrogen) atoms. The fourth-order valence-corrected chi connectivity index (χ4v) is 3.08. The van der Waals surface area contributed by atoms with Crippen molar-refractivity contribution in [3.05, 3.63) is 48.6 Å². The van der Waals surface area contributed by atoms with E-state index in [0.29, 0.717) is 5.56 Å². The normalized spacial score (nSPS) is 13.1. The van der Waals surface area contributed by atoms with Gasteiger partial charge in [0.25, 0.3) is 0 Å². The largest absolute Gasteiger partial charge is 0.480 e. The molecule has 1 unspecified atom stereocenters. The quantitative estimate of drug-likeness (QED) is 0.680. The second-order valence-corrected chi connectivity index (χ2v) is 6.10. The molecule has 1 rings (SSSR count). The van der Waals surface area contributed by atoms with Crippen molar-refractivity contribution < 1.29 is 23.4 Å². The monoisotopic (exact) mass is 299 g/mol. The smallest absolute Gasteiger partial charge is 0.324 e. The highest BCUT2D eigenvalue weighted by molar-refractivity contribution is 7.89. The molecule has 0 saturated heterocycles. The Kier molecular flexibility index (Phi) is 5.87. The third-order valence-corrected chi connectivity index (χ3v) is 4.43. The molecule has 7 heteroatoms. The number of benzene rings is 1. The van der Waals surface area contributed by atoms with Crippen LogP contribution in [-0.4, -0.2) is 47.3 Å². The number of hydrogen-bond donors (Lipinski definition) is 2. The zero-order valence-electron chi connectivity index (χ0n) is 10.8. The second-order valence-electron chi connectivity index (χ2n) is 4.13. The first-order valence-corrected chi connectivity index (χ1v) is 7.51. The molecule has 6 nitrogen and oxygen atoms in total. The van der Waals surface area contributed by atoms with Gasteiger partial charge in [-0.05, 0) is 5.56 Å². The summed E-state index contributed by atoms with van der Waals surface area (Å²) in [5.41, 5.74) is 0.639. The molecule has 0 bridgehead atoms. The highest BCUT2D eigenvalue weighted by atomic mass is 32.2. The van der Waals surface area contributed by atoms with Gasteiger partial charge in [0.05, 0.1) is 12.4 Å². The topological polar surface area (TPSA) is 94.9 Å². The van der Waals surface area contributed by atoms with Crippen LogP contribution >= 0.6 is 0 Å². The van der Waals surface area contributed by atoms with Crippen LogP contribution in [0.15, 0.2) is 43.0 Å². The molecule has 0 spiro atoms. The predicted molar refractivity (Wildman–Crippen MR) is 74.5 cm³/mol. The zero-order valence-corrected chi connectivity index (χ0v) is 11.7. The van der Waals surface area contributed by atoms with Gasteiger partial charge in [0.1, 0.15) is 6.04 Å². The van der Waals surface area contributed by atoms with Crippen LogP contribution in [-0.2, 0) is 21.4 Å². The molecule has 1 atom stereocenters. The summed E-state index contributed by atoms with van der Waals surface area (Å²) in [6, 6.07) is 7.08. The Morgan fingerprint density at radius 3 is 2.40 bits per heavy atom. The maximum absolute atomic E-state index is 12.1. The minimum atomic E-state index is -3.85. The van der Waals surface area contributed by atoms with E-state index in [2.05, 4.69) is 6.58 Å². The minimum absolute atomic E-state index is 0.117. The molecule has 0 saturated carbocycles. The van der Waals surface area contributed by atoms with Crippen molar-refractivity contribution in [2.24, 2.45) is 0 Å². The van der Waals surface area contributed by atoms with E-state index in [0.717, 1.165) is 4.31 Å². The van der Waals surface area contributed by atoms with E-state index in [1.165, 1.54) is 6.08 Å². The lowest BCUT2D eigenvalue weighted by molar-refractivity contribution is -0.142. The summed E-state index contributed by atoms with van der Waals surface area (Å²) in [6.45, 7) is 2.44. The molecule has 0 aliphatic rings. The van der Waals surface area contributed by atoms with Crippen molar-refractivity contribution in [3.8, 4) is 0 Å². The molecule has 0 radical (unpaired) electrons.